The first kappa shape index (κ1) is 27.2. The van der Waals surface area contributed by atoms with Crippen LogP contribution in [-0.2, 0) is 20.6 Å². The van der Waals surface area contributed by atoms with Gasteiger partial charge in [-0.3, -0.25) is 14.4 Å². The fourth-order valence-corrected chi connectivity index (χ4v) is 4.02. The summed E-state index contributed by atoms with van der Waals surface area (Å²) in [5.74, 6) is -2.02. The third-order valence-electron chi connectivity index (χ3n) is 5.74. The van der Waals surface area contributed by atoms with E-state index in [0.717, 1.165) is 23.9 Å². The second-order valence-corrected chi connectivity index (χ2v) is 8.82. The monoisotopic (exact) mass is 522 g/mol. The Balaban J connectivity index is 1.87. The number of rotatable bonds is 7. The molecule has 0 aliphatic carbocycles. The molecule has 2 aromatic rings. The highest BCUT2D eigenvalue weighted by molar-refractivity contribution is 6.30. The highest BCUT2D eigenvalue weighted by Crippen LogP contribution is 2.35. The predicted octanol–water partition coefficient (Wildman–Crippen LogP) is 4.41. The van der Waals surface area contributed by atoms with Gasteiger partial charge in [0.05, 0.1) is 11.3 Å². The lowest BCUT2D eigenvalue weighted by molar-refractivity contribution is -0.141. The second-order valence-electron chi connectivity index (χ2n) is 8.39. The van der Waals surface area contributed by atoms with Crippen molar-refractivity contribution >= 4 is 35.0 Å². The number of hydrogen-bond donors (Lipinski definition) is 1. The van der Waals surface area contributed by atoms with Gasteiger partial charge in [0.2, 0.25) is 17.7 Å². The van der Waals surface area contributed by atoms with Gasteiger partial charge < -0.3 is 10.2 Å². The predicted molar refractivity (Wildman–Crippen MR) is 129 cm³/mol. The maximum Gasteiger partial charge on any atom is 0.416 e. The lowest BCUT2D eigenvalue weighted by Gasteiger charge is -2.27. The van der Waals surface area contributed by atoms with Crippen LogP contribution in [0.2, 0.25) is 5.02 Å². The number of nitrogens with zero attached hydrogens (tertiary/aromatic N) is 3. The summed E-state index contributed by atoms with van der Waals surface area (Å²) < 4.78 is 41.1. The maximum absolute atomic E-state index is 13.7. The van der Waals surface area contributed by atoms with Gasteiger partial charge in [0, 0.05) is 25.0 Å². The minimum absolute atomic E-state index is 0.356. The Morgan fingerprint density at radius 2 is 1.67 bits per heavy atom. The molecule has 0 saturated carbocycles. The average Bonchev–Trinajstić information content (AvgIpc) is 3.36. The van der Waals surface area contributed by atoms with Crippen LogP contribution in [0.5, 0.6) is 0 Å². The van der Waals surface area contributed by atoms with E-state index < -0.39 is 42.0 Å². The molecule has 1 N–H and O–H groups in total. The van der Waals surface area contributed by atoms with Crippen LogP contribution in [0.3, 0.4) is 0 Å². The molecule has 7 nitrogen and oxygen atoms in total. The number of nitrogens with one attached hydrogen (secondary N) is 1. The zero-order valence-electron chi connectivity index (χ0n) is 19.8. The van der Waals surface area contributed by atoms with E-state index in [1.54, 1.807) is 31.2 Å². The smallest absolute Gasteiger partial charge is 0.341 e. The molecule has 0 spiro atoms. The number of likely N-dealkylation sites (tertiary alicyclic amines) is 1. The lowest BCUT2D eigenvalue weighted by atomic mass is 9.98. The number of alkyl halides is 3. The quantitative estimate of drug-likeness (QED) is 0.432. The SMILES string of the molecule is CC(=O)N(CC(=O)NC(C(=O)N1CCCC1)c1ccccc1C(F)(F)F)/N=C(\C)c1ccc(Cl)cc1. The van der Waals surface area contributed by atoms with E-state index in [-0.39, 0.29) is 5.56 Å². The molecule has 1 aliphatic heterocycles. The molecule has 11 heteroatoms. The average molecular weight is 523 g/mol. The number of hydrogen-bond acceptors (Lipinski definition) is 4. The van der Waals surface area contributed by atoms with Crippen molar-refractivity contribution in [3.05, 3.63) is 70.2 Å². The normalized spacial score (nSPS) is 14.9. The van der Waals surface area contributed by atoms with Gasteiger partial charge in [-0.25, -0.2) is 5.01 Å². The summed E-state index contributed by atoms with van der Waals surface area (Å²) in [6, 6.07) is 9.75. The Kier molecular flexibility index (Phi) is 8.73. The third-order valence-corrected chi connectivity index (χ3v) is 5.99. The third kappa shape index (κ3) is 6.84. The zero-order chi connectivity index (χ0) is 26.5. The van der Waals surface area contributed by atoms with E-state index in [4.69, 9.17) is 11.6 Å². The fourth-order valence-electron chi connectivity index (χ4n) is 3.89. The molecule has 1 heterocycles. The number of halogens is 4. The Labute approximate surface area is 211 Å². The first-order valence-electron chi connectivity index (χ1n) is 11.3. The summed E-state index contributed by atoms with van der Waals surface area (Å²) in [7, 11) is 0. The van der Waals surface area contributed by atoms with Gasteiger partial charge in [0.25, 0.3) is 0 Å². The van der Waals surface area contributed by atoms with Crippen molar-refractivity contribution in [3.8, 4) is 0 Å². The van der Waals surface area contributed by atoms with Crippen LogP contribution < -0.4 is 5.32 Å². The summed E-state index contributed by atoms with van der Waals surface area (Å²) in [6.07, 6.45) is -3.27. The molecule has 1 atom stereocenters. The van der Waals surface area contributed by atoms with Gasteiger partial charge in [-0.1, -0.05) is 41.9 Å². The summed E-state index contributed by atoms with van der Waals surface area (Å²) in [5.41, 5.74) is -0.289. The van der Waals surface area contributed by atoms with Crippen LogP contribution in [-0.4, -0.2) is 53.0 Å². The molecule has 1 saturated heterocycles. The Morgan fingerprint density at radius 3 is 2.25 bits per heavy atom. The molecule has 1 fully saturated rings. The topological polar surface area (TPSA) is 82.1 Å². The Hall–Kier alpha value is -3.40. The van der Waals surface area contributed by atoms with Crippen molar-refractivity contribution in [1.82, 2.24) is 15.2 Å². The van der Waals surface area contributed by atoms with Crippen molar-refractivity contribution in [2.75, 3.05) is 19.6 Å². The molecule has 36 heavy (non-hydrogen) atoms. The zero-order valence-corrected chi connectivity index (χ0v) is 20.6. The van der Waals surface area contributed by atoms with Crippen LogP contribution in [0, 0.1) is 0 Å². The van der Waals surface area contributed by atoms with E-state index >= 15 is 0 Å². The van der Waals surface area contributed by atoms with Crippen molar-refractivity contribution in [2.45, 2.75) is 38.9 Å². The second kappa shape index (κ2) is 11.6. The van der Waals surface area contributed by atoms with Crippen LogP contribution in [0.25, 0.3) is 0 Å². The first-order valence-corrected chi connectivity index (χ1v) is 11.7. The number of hydrazone groups is 1. The molecule has 192 valence electrons. The van der Waals surface area contributed by atoms with Crippen molar-refractivity contribution in [1.29, 1.82) is 0 Å². The highest BCUT2D eigenvalue weighted by Gasteiger charge is 2.39. The Morgan fingerprint density at radius 1 is 1.06 bits per heavy atom. The molecule has 0 radical (unpaired) electrons. The van der Waals surface area contributed by atoms with Crippen molar-refractivity contribution in [2.24, 2.45) is 5.10 Å². The number of carbonyl (C=O) groups excluding carboxylic acids is 3. The van der Waals surface area contributed by atoms with Crippen LogP contribution in [0.15, 0.2) is 53.6 Å². The molecular weight excluding hydrogens is 497 g/mol. The lowest BCUT2D eigenvalue weighted by Crippen LogP contribution is -2.45. The number of carbonyl (C=O) groups is 3. The molecule has 1 aliphatic rings. The molecular formula is C25H26ClF3N4O3. The minimum atomic E-state index is -4.73. The minimum Gasteiger partial charge on any atom is -0.341 e. The molecule has 3 amide bonds. The van der Waals surface area contributed by atoms with Gasteiger partial charge in [-0.2, -0.15) is 18.3 Å². The van der Waals surface area contributed by atoms with Gasteiger partial charge in [0.1, 0.15) is 12.6 Å². The van der Waals surface area contributed by atoms with Gasteiger partial charge >= 0.3 is 6.18 Å². The Bertz CT molecular complexity index is 1150. The summed E-state index contributed by atoms with van der Waals surface area (Å²) in [5, 5.41) is 8.02. The summed E-state index contributed by atoms with van der Waals surface area (Å²) in [4.78, 5) is 39.7. The van der Waals surface area contributed by atoms with Crippen LogP contribution in [0.4, 0.5) is 13.2 Å². The molecule has 3 rings (SSSR count). The van der Waals surface area contributed by atoms with Crippen LogP contribution >= 0.6 is 11.6 Å². The van der Waals surface area contributed by atoms with E-state index in [0.29, 0.717) is 29.4 Å². The molecule has 1 unspecified atom stereocenters. The number of benzene rings is 2. The summed E-state index contributed by atoms with van der Waals surface area (Å²) >= 11 is 5.89. The molecule has 0 bridgehead atoms. The van der Waals surface area contributed by atoms with E-state index in [1.165, 1.54) is 30.0 Å². The van der Waals surface area contributed by atoms with E-state index in [1.807, 2.05) is 0 Å². The van der Waals surface area contributed by atoms with Gasteiger partial charge in [0.15, 0.2) is 0 Å². The molecule has 2 aromatic carbocycles. The van der Waals surface area contributed by atoms with Crippen molar-refractivity contribution < 1.29 is 27.6 Å². The van der Waals surface area contributed by atoms with Gasteiger partial charge in [-0.05, 0) is 49.1 Å². The highest BCUT2D eigenvalue weighted by atomic mass is 35.5. The van der Waals surface area contributed by atoms with Crippen LogP contribution in [0.1, 0.15) is 49.4 Å². The number of amides is 3. The van der Waals surface area contributed by atoms with E-state index in [9.17, 15) is 27.6 Å². The first-order chi connectivity index (χ1) is 17.0. The fraction of sp³-hybridized carbons (Fsp3) is 0.360. The standard InChI is InChI=1S/C25H26ClF3N4O3/c1-16(18-9-11-19(26)12-10-18)31-33(17(2)34)15-22(35)30-23(24(36)32-13-5-6-14-32)20-7-3-4-8-21(20)25(27,28)29/h3-4,7-12,23H,5-6,13-15H2,1-2H3,(H,30,35)/b31-16+. The summed E-state index contributed by atoms with van der Waals surface area (Å²) in [6.45, 7) is 3.04. The molecule has 0 aromatic heterocycles. The van der Waals surface area contributed by atoms with E-state index in [2.05, 4.69) is 10.4 Å². The van der Waals surface area contributed by atoms with Gasteiger partial charge in [-0.15, -0.1) is 0 Å². The van der Waals surface area contributed by atoms with Crippen molar-refractivity contribution in [3.63, 3.8) is 0 Å². The largest absolute Gasteiger partial charge is 0.416 e. The maximum atomic E-state index is 13.7.